The van der Waals surface area contributed by atoms with Crippen LogP contribution in [0.15, 0.2) is 28.9 Å². The second kappa shape index (κ2) is 7.23. The van der Waals surface area contributed by atoms with Gasteiger partial charge in [-0.1, -0.05) is 12.1 Å². The van der Waals surface area contributed by atoms with Gasteiger partial charge in [0.05, 0.1) is 18.4 Å². The lowest BCUT2D eigenvalue weighted by Gasteiger charge is -2.04. The maximum absolute atomic E-state index is 12.4. The smallest absolute Gasteiger partial charge is 0.310 e. The van der Waals surface area contributed by atoms with Gasteiger partial charge in [0.1, 0.15) is 5.58 Å². The number of aromatic amines is 1. The summed E-state index contributed by atoms with van der Waals surface area (Å²) in [5, 5.41) is 0.853. The van der Waals surface area contributed by atoms with Crippen molar-refractivity contribution in [3.05, 3.63) is 58.1 Å². The summed E-state index contributed by atoms with van der Waals surface area (Å²) >= 11 is 0. The van der Waals surface area contributed by atoms with Gasteiger partial charge in [-0.2, -0.15) is 0 Å². The summed E-state index contributed by atoms with van der Waals surface area (Å²) in [6.07, 6.45) is 1.55. The van der Waals surface area contributed by atoms with Crippen molar-refractivity contribution in [3.8, 4) is 0 Å². The number of carbonyl (C=O) groups is 3. The third-order valence-electron chi connectivity index (χ3n) is 4.58. The molecule has 0 aliphatic rings. The standard InChI is InChI=1S/C21H21NO5/c1-11-5-6-16-15(9-26-18(16)7-11)8-19(25)27-10-17(24)21-12(2)20(14(4)23)13(3)22-21/h5-7,9,22H,8,10H2,1-4H3. The van der Waals surface area contributed by atoms with Crippen molar-refractivity contribution in [3.63, 3.8) is 0 Å². The fourth-order valence-corrected chi connectivity index (χ4v) is 3.31. The molecular formula is C21H21NO5. The van der Waals surface area contributed by atoms with E-state index in [0.717, 1.165) is 10.9 Å². The Kier molecular flexibility index (Phi) is 4.99. The zero-order valence-corrected chi connectivity index (χ0v) is 15.8. The molecule has 140 valence electrons. The van der Waals surface area contributed by atoms with Crippen LogP contribution in [-0.2, 0) is 16.0 Å². The Morgan fingerprint density at radius 3 is 2.56 bits per heavy atom. The summed E-state index contributed by atoms with van der Waals surface area (Å²) in [6, 6.07) is 5.74. The topological polar surface area (TPSA) is 89.4 Å². The Morgan fingerprint density at radius 1 is 1.15 bits per heavy atom. The van der Waals surface area contributed by atoms with Crippen LogP contribution < -0.4 is 0 Å². The van der Waals surface area contributed by atoms with Crippen LogP contribution in [0, 0.1) is 20.8 Å². The molecule has 3 aromatic rings. The zero-order chi connectivity index (χ0) is 19.7. The fraction of sp³-hybridized carbons (Fsp3) is 0.286. The molecule has 1 N–H and O–H groups in total. The monoisotopic (exact) mass is 367 g/mol. The first-order valence-corrected chi connectivity index (χ1v) is 8.63. The van der Waals surface area contributed by atoms with Crippen LogP contribution in [0.4, 0.5) is 0 Å². The first-order valence-electron chi connectivity index (χ1n) is 8.63. The van der Waals surface area contributed by atoms with Gasteiger partial charge in [0.25, 0.3) is 0 Å². The summed E-state index contributed by atoms with van der Waals surface area (Å²) in [6.45, 7) is 6.47. The SMILES string of the molecule is CC(=O)c1c(C)[nH]c(C(=O)COC(=O)Cc2coc3cc(C)ccc23)c1C. The molecule has 6 nitrogen and oxygen atoms in total. The van der Waals surface area contributed by atoms with Crippen molar-refractivity contribution < 1.29 is 23.5 Å². The number of ketones is 2. The van der Waals surface area contributed by atoms with Gasteiger partial charge in [0.15, 0.2) is 12.4 Å². The van der Waals surface area contributed by atoms with Crippen LogP contribution in [0.5, 0.6) is 0 Å². The predicted octanol–water partition coefficient (Wildman–Crippen LogP) is 3.86. The van der Waals surface area contributed by atoms with Gasteiger partial charge in [-0.05, 0) is 44.9 Å². The minimum atomic E-state index is -0.514. The molecule has 1 aromatic carbocycles. The molecule has 0 aliphatic carbocycles. The van der Waals surface area contributed by atoms with Crippen LogP contribution in [0.2, 0.25) is 0 Å². The van der Waals surface area contributed by atoms with E-state index in [1.807, 2.05) is 25.1 Å². The summed E-state index contributed by atoms with van der Waals surface area (Å²) in [5.74, 6) is -0.997. The number of H-pyrrole nitrogens is 1. The average Bonchev–Trinajstić information content (AvgIpc) is 3.12. The van der Waals surface area contributed by atoms with E-state index in [0.29, 0.717) is 33.7 Å². The normalized spacial score (nSPS) is 11.0. The van der Waals surface area contributed by atoms with E-state index in [-0.39, 0.29) is 24.6 Å². The summed E-state index contributed by atoms with van der Waals surface area (Å²) < 4.78 is 10.6. The molecule has 0 unspecified atom stereocenters. The van der Waals surface area contributed by atoms with E-state index in [9.17, 15) is 14.4 Å². The number of fused-ring (bicyclic) bond motifs is 1. The number of aromatic nitrogens is 1. The van der Waals surface area contributed by atoms with Crippen LogP contribution in [0.25, 0.3) is 11.0 Å². The maximum Gasteiger partial charge on any atom is 0.310 e. The number of Topliss-reactive ketones (excluding diaryl/α,β-unsaturated/α-hetero) is 2. The molecule has 3 rings (SSSR count). The summed E-state index contributed by atoms with van der Waals surface area (Å²) in [4.78, 5) is 39.1. The van der Waals surface area contributed by atoms with Crippen molar-refractivity contribution in [2.45, 2.75) is 34.1 Å². The molecule has 2 heterocycles. The third kappa shape index (κ3) is 3.69. The molecule has 2 aromatic heterocycles. The Bertz CT molecular complexity index is 1050. The average molecular weight is 367 g/mol. The molecule has 0 fully saturated rings. The van der Waals surface area contributed by atoms with Crippen LogP contribution in [-0.4, -0.2) is 29.1 Å². The van der Waals surface area contributed by atoms with Crippen LogP contribution >= 0.6 is 0 Å². The van der Waals surface area contributed by atoms with Crippen LogP contribution in [0.1, 0.15) is 50.2 Å². The van der Waals surface area contributed by atoms with Crippen molar-refractivity contribution in [1.29, 1.82) is 0 Å². The molecule has 27 heavy (non-hydrogen) atoms. The number of esters is 1. The molecule has 6 heteroatoms. The van der Waals surface area contributed by atoms with Crippen molar-refractivity contribution >= 4 is 28.5 Å². The number of ether oxygens (including phenoxy) is 1. The van der Waals surface area contributed by atoms with Crippen molar-refractivity contribution in [2.24, 2.45) is 0 Å². The number of hydrogen-bond acceptors (Lipinski definition) is 5. The Hall–Kier alpha value is -3.15. The highest BCUT2D eigenvalue weighted by Crippen LogP contribution is 2.23. The lowest BCUT2D eigenvalue weighted by molar-refractivity contribution is -0.141. The van der Waals surface area contributed by atoms with Crippen molar-refractivity contribution in [2.75, 3.05) is 6.61 Å². The number of carbonyl (C=O) groups excluding carboxylic acids is 3. The molecule has 0 saturated heterocycles. The minimum absolute atomic E-state index is 0.0186. The number of nitrogens with one attached hydrogen (secondary N) is 1. The molecule has 0 radical (unpaired) electrons. The lowest BCUT2D eigenvalue weighted by Crippen LogP contribution is -2.16. The number of hydrogen-bond donors (Lipinski definition) is 1. The van der Waals surface area contributed by atoms with Gasteiger partial charge in [0.2, 0.25) is 5.78 Å². The number of furan rings is 1. The minimum Gasteiger partial charge on any atom is -0.464 e. The highest BCUT2D eigenvalue weighted by Gasteiger charge is 2.21. The first kappa shape index (κ1) is 18.6. The largest absolute Gasteiger partial charge is 0.464 e. The van der Waals surface area contributed by atoms with E-state index >= 15 is 0 Å². The molecule has 0 atom stereocenters. The van der Waals surface area contributed by atoms with Gasteiger partial charge in [-0.3, -0.25) is 14.4 Å². The van der Waals surface area contributed by atoms with Gasteiger partial charge in [0, 0.05) is 22.2 Å². The molecule has 0 aliphatic heterocycles. The quantitative estimate of drug-likeness (QED) is 0.528. The molecule has 0 bridgehead atoms. The number of aryl methyl sites for hydroxylation is 2. The number of benzene rings is 1. The van der Waals surface area contributed by atoms with E-state index in [2.05, 4.69) is 4.98 Å². The van der Waals surface area contributed by atoms with Crippen LogP contribution in [0.3, 0.4) is 0 Å². The van der Waals surface area contributed by atoms with E-state index in [1.165, 1.54) is 13.2 Å². The second-order valence-electron chi connectivity index (χ2n) is 6.70. The number of rotatable bonds is 6. The lowest BCUT2D eigenvalue weighted by atomic mass is 10.1. The highest BCUT2D eigenvalue weighted by molar-refractivity contribution is 6.04. The van der Waals surface area contributed by atoms with Gasteiger partial charge < -0.3 is 14.1 Å². The molecule has 0 spiro atoms. The van der Waals surface area contributed by atoms with Gasteiger partial charge in [-0.15, -0.1) is 0 Å². The van der Waals surface area contributed by atoms with Gasteiger partial charge >= 0.3 is 5.97 Å². The molecule has 0 amide bonds. The van der Waals surface area contributed by atoms with E-state index in [1.54, 1.807) is 13.8 Å². The van der Waals surface area contributed by atoms with E-state index < -0.39 is 5.97 Å². The van der Waals surface area contributed by atoms with E-state index in [4.69, 9.17) is 9.15 Å². The second-order valence-corrected chi connectivity index (χ2v) is 6.70. The fourth-order valence-electron chi connectivity index (χ4n) is 3.31. The molecule has 0 saturated carbocycles. The molecular weight excluding hydrogens is 346 g/mol. The zero-order valence-electron chi connectivity index (χ0n) is 15.8. The predicted molar refractivity (Wildman–Crippen MR) is 100 cm³/mol. The summed E-state index contributed by atoms with van der Waals surface area (Å²) in [7, 11) is 0. The maximum atomic E-state index is 12.4. The Morgan fingerprint density at radius 2 is 1.89 bits per heavy atom. The third-order valence-corrected chi connectivity index (χ3v) is 4.58. The van der Waals surface area contributed by atoms with Gasteiger partial charge in [-0.25, -0.2) is 0 Å². The Balaban J connectivity index is 1.66. The first-order chi connectivity index (χ1) is 12.8. The Labute approximate surface area is 156 Å². The van der Waals surface area contributed by atoms with Crippen molar-refractivity contribution in [1.82, 2.24) is 4.98 Å². The summed E-state index contributed by atoms with van der Waals surface area (Å²) in [5.41, 5.74) is 4.51. The highest BCUT2D eigenvalue weighted by atomic mass is 16.5.